The van der Waals surface area contributed by atoms with Crippen molar-refractivity contribution >= 4 is 29.3 Å². The van der Waals surface area contributed by atoms with Gasteiger partial charge < -0.3 is 9.90 Å². The normalized spacial score (nSPS) is 10.4. The number of carboxylic acids is 1. The topological polar surface area (TPSA) is 70.8 Å². The van der Waals surface area contributed by atoms with E-state index < -0.39 is 5.97 Å². The van der Waals surface area contributed by atoms with E-state index in [1.807, 2.05) is 12.1 Å². The van der Waals surface area contributed by atoms with Crippen LogP contribution in [0.25, 0.3) is 11.4 Å². The van der Waals surface area contributed by atoms with Gasteiger partial charge in [-0.15, -0.1) is 16.8 Å². The van der Waals surface area contributed by atoms with Gasteiger partial charge in [-0.3, -0.25) is 4.57 Å². The zero-order valence-corrected chi connectivity index (χ0v) is 12.0. The van der Waals surface area contributed by atoms with E-state index in [0.29, 0.717) is 22.5 Å². The molecule has 1 aromatic heterocycles. The average Bonchev–Trinajstić information content (AvgIpc) is 2.81. The fraction of sp³-hybridized carbons (Fsp3) is 0.154. The highest BCUT2D eigenvalue weighted by molar-refractivity contribution is 7.99. The minimum absolute atomic E-state index is 0.171. The Morgan fingerprint density at radius 2 is 2.10 bits per heavy atom. The van der Waals surface area contributed by atoms with Crippen LogP contribution < -0.4 is 5.11 Å². The Balaban J connectivity index is 2.35. The zero-order chi connectivity index (χ0) is 14.5. The summed E-state index contributed by atoms with van der Waals surface area (Å²) in [5.74, 6) is -0.672. The number of carbonyl (C=O) groups is 1. The summed E-state index contributed by atoms with van der Waals surface area (Å²) in [6.07, 6.45) is 1.70. The first kappa shape index (κ1) is 14.6. The molecule has 2 rings (SSSR count). The summed E-state index contributed by atoms with van der Waals surface area (Å²) in [5, 5.41) is 19.8. The molecule has 0 spiro atoms. The Morgan fingerprint density at radius 3 is 2.70 bits per heavy atom. The molecular weight excluding hydrogens is 298 g/mol. The first-order valence-corrected chi connectivity index (χ1v) is 7.11. The van der Waals surface area contributed by atoms with Crippen molar-refractivity contribution in [2.75, 3.05) is 5.75 Å². The third-order valence-electron chi connectivity index (χ3n) is 2.45. The predicted molar refractivity (Wildman–Crippen MR) is 76.4 cm³/mol. The van der Waals surface area contributed by atoms with Crippen LogP contribution in [0.1, 0.15) is 0 Å². The summed E-state index contributed by atoms with van der Waals surface area (Å²) < 4.78 is 1.80. The summed E-state index contributed by atoms with van der Waals surface area (Å²) in [6, 6.07) is 7.19. The smallest absolute Gasteiger partial charge is 0.192 e. The van der Waals surface area contributed by atoms with Gasteiger partial charge in [0.2, 0.25) is 0 Å². The average molecular weight is 309 g/mol. The van der Waals surface area contributed by atoms with E-state index in [1.54, 1.807) is 22.8 Å². The summed E-state index contributed by atoms with van der Waals surface area (Å²) in [5.41, 5.74) is 0.851. The molecular formula is C13H11ClN3O2S-. The number of hydrogen-bond donors (Lipinski definition) is 0. The van der Waals surface area contributed by atoms with Gasteiger partial charge in [-0.2, -0.15) is 0 Å². The molecule has 0 saturated heterocycles. The lowest BCUT2D eigenvalue weighted by atomic mass is 10.2. The number of thioether (sulfide) groups is 1. The molecule has 104 valence electrons. The number of aromatic nitrogens is 3. The lowest BCUT2D eigenvalue weighted by molar-refractivity contribution is -0.301. The fourth-order valence-corrected chi connectivity index (χ4v) is 2.41. The molecule has 7 heteroatoms. The SMILES string of the molecule is C=CCn1c(SCC(=O)[O-])nnc1-c1ccc(Cl)cc1. The highest BCUT2D eigenvalue weighted by Gasteiger charge is 2.13. The summed E-state index contributed by atoms with van der Waals surface area (Å²) >= 11 is 6.92. The van der Waals surface area contributed by atoms with Gasteiger partial charge in [0.15, 0.2) is 11.0 Å². The second-order valence-electron chi connectivity index (χ2n) is 3.87. The molecule has 0 fully saturated rings. The predicted octanol–water partition coefficient (Wildman–Crippen LogP) is 1.63. The number of halogens is 1. The Labute approximate surface area is 125 Å². The lowest BCUT2D eigenvalue weighted by Gasteiger charge is -2.08. The molecule has 20 heavy (non-hydrogen) atoms. The van der Waals surface area contributed by atoms with Crippen molar-refractivity contribution in [1.29, 1.82) is 0 Å². The van der Waals surface area contributed by atoms with Crippen molar-refractivity contribution in [2.45, 2.75) is 11.7 Å². The van der Waals surface area contributed by atoms with Crippen LogP contribution in [0, 0.1) is 0 Å². The van der Waals surface area contributed by atoms with Crippen LogP contribution in [-0.4, -0.2) is 26.5 Å². The van der Waals surface area contributed by atoms with Gasteiger partial charge in [-0.25, -0.2) is 0 Å². The number of rotatable bonds is 6. The number of benzene rings is 1. The van der Waals surface area contributed by atoms with Gasteiger partial charge >= 0.3 is 0 Å². The fourth-order valence-electron chi connectivity index (χ4n) is 1.63. The van der Waals surface area contributed by atoms with E-state index >= 15 is 0 Å². The number of nitrogens with zero attached hydrogens (tertiary/aromatic N) is 3. The third kappa shape index (κ3) is 3.40. The maximum atomic E-state index is 10.5. The first-order chi connectivity index (χ1) is 9.61. The Kier molecular flexibility index (Phi) is 4.81. The molecule has 0 saturated carbocycles. The molecule has 0 aliphatic carbocycles. The van der Waals surface area contributed by atoms with Crippen molar-refractivity contribution in [2.24, 2.45) is 0 Å². The van der Waals surface area contributed by atoms with E-state index in [0.717, 1.165) is 17.3 Å². The maximum absolute atomic E-state index is 10.5. The highest BCUT2D eigenvalue weighted by Crippen LogP contribution is 2.24. The highest BCUT2D eigenvalue weighted by atomic mass is 35.5. The van der Waals surface area contributed by atoms with Crippen LogP contribution in [-0.2, 0) is 11.3 Å². The van der Waals surface area contributed by atoms with Crippen molar-refractivity contribution < 1.29 is 9.90 Å². The van der Waals surface area contributed by atoms with Crippen LogP contribution in [0.5, 0.6) is 0 Å². The van der Waals surface area contributed by atoms with E-state index in [1.165, 1.54) is 0 Å². The van der Waals surface area contributed by atoms with Gasteiger partial charge in [-0.05, 0) is 24.3 Å². The standard InChI is InChI=1S/C13H12ClN3O2S/c1-2-7-17-12(9-3-5-10(14)6-4-9)15-16-13(17)20-8-11(18)19/h2-6H,1,7-8H2,(H,18,19)/p-1. The monoisotopic (exact) mass is 308 g/mol. The maximum Gasteiger partial charge on any atom is 0.192 e. The molecule has 0 aliphatic rings. The lowest BCUT2D eigenvalue weighted by Crippen LogP contribution is -2.24. The van der Waals surface area contributed by atoms with Crippen LogP contribution in [0.4, 0.5) is 0 Å². The molecule has 0 bridgehead atoms. The van der Waals surface area contributed by atoms with Crippen molar-refractivity contribution in [1.82, 2.24) is 14.8 Å². The minimum Gasteiger partial charge on any atom is -0.549 e. The molecule has 0 aliphatic heterocycles. The van der Waals surface area contributed by atoms with Crippen LogP contribution in [0.15, 0.2) is 42.1 Å². The van der Waals surface area contributed by atoms with Gasteiger partial charge in [0, 0.05) is 22.9 Å². The molecule has 0 radical (unpaired) electrons. The second kappa shape index (κ2) is 6.58. The van der Waals surface area contributed by atoms with Crippen LogP contribution in [0.2, 0.25) is 5.02 Å². The summed E-state index contributed by atoms with van der Waals surface area (Å²) in [4.78, 5) is 10.5. The van der Waals surface area contributed by atoms with Gasteiger partial charge in [0.25, 0.3) is 0 Å². The van der Waals surface area contributed by atoms with Gasteiger partial charge in [0.05, 0.1) is 5.97 Å². The van der Waals surface area contributed by atoms with E-state index in [2.05, 4.69) is 16.8 Å². The Morgan fingerprint density at radius 1 is 1.40 bits per heavy atom. The number of hydrogen-bond acceptors (Lipinski definition) is 5. The second-order valence-corrected chi connectivity index (χ2v) is 5.25. The molecule has 2 aromatic rings. The Bertz CT molecular complexity index is 625. The minimum atomic E-state index is -1.14. The van der Waals surface area contributed by atoms with Crippen molar-refractivity contribution in [3.63, 3.8) is 0 Å². The van der Waals surface area contributed by atoms with Crippen LogP contribution in [0.3, 0.4) is 0 Å². The number of aliphatic carboxylic acids is 1. The molecule has 0 amide bonds. The number of carbonyl (C=O) groups excluding carboxylic acids is 1. The third-order valence-corrected chi connectivity index (χ3v) is 3.64. The van der Waals surface area contributed by atoms with E-state index in [4.69, 9.17) is 11.6 Å². The molecule has 0 unspecified atom stereocenters. The summed E-state index contributed by atoms with van der Waals surface area (Å²) in [6.45, 7) is 4.17. The molecule has 5 nitrogen and oxygen atoms in total. The molecule has 0 atom stereocenters. The number of carboxylic acid groups (broad SMARTS) is 1. The van der Waals surface area contributed by atoms with E-state index in [9.17, 15) is 9.90 Å². The Hall–Kier alpha value is -1.79. The number of allylic oxidation sites excluding steroid dienone is 1. The van der Waals surface area contributed by atoms with E-state index in [-0.39, 0.29) is 5.75 Å². The zero-order valence-electron chi connectivity index (χ0n) is 10.5. The molecule has 1 heterocycles. The van der Waals surface area contributed by atoms with Crippen LogP contribution >= 0.6 is 23.4 Å². The molecule has 0 N–H and O–H groups in total. The largest absolute Gasteiger partial charge is 0.549 e. The van der Waals surface area contributed by atoms with Crippen molar-refractivity contribution in [3.05, 3.63) is 41.9 Å². The summed E-state index contributed by atoms with van der Waals surface area (Å²) in [7, 11) is 0. The van der Waals surface area contributed by atoms with Gasteiger partial charge in [-0.1, -0.05) is 29.4 Å². The first-order valence-electron chi connectivity index (χ1n) is 5.74. The molecule has 1 aromatic carbocycles. The quantitative estimate of drug-likeness (QED) is 0.599. The van der Waals surface area contributed by atoms with Gasteiger partial charge in [0.1, 0.15) is 0 Å². The van der Waals surface area contributed by atoms with Crippen molar-refractivity contribution in [3.8, 4) is 11.4 Å².